The molecular weight excluding hydrogens is 403 g/mol. The third-order valence-electron chi connectivity index (χ3n) is 5.52. The van der Waals surface area contributed by atoms with Crippen LogP contribution >= 0.6 is 23.2 Å². The van der Waals surface area contributed by atoms with E-state index in [1.165, 1.54) is 11.4 Å². The first-order valence-corrected chi connectivity index (χ1v) is 11.5. The Bertz CT molecular complexity index is 802. The molecule has 2 aromatic rings. The predicted octanol–water partition coefficient (Wildman–Crippen LogP) is 5.65. The van der Waals surface area contributed by atoms with Crippen molar-refractivity contribution < 1.29 is 0 Å². The van der Waals surface area contributed by atoms with Crippen molar-refractivity contribution in [2.75, 3.05) is 37.6 Å². The van der Waals surface area contributed by atoms with Crippen LogP contribution in [0, 0.1) is 0 Å². The van der Waals surface area contributed by atoms with Gasteiger partial charge in [0, 0.05) is 37.6 Å². The van der Waals surface area contributed by atoms with Crippen molar-refractivity contribution in [3.63, 3.8) is 0 Å². The third kappa shape index (κ3) is 5.90. The number of halogens is 2. The van der Waals surface area contributed by atoms with Crippen molar-refractivity contribution in [1.82, 2.24) is 14.7 Å². The predicted molar refractivity (Wildman–Crippen MR) is 125 cm³/mol. The summed E-state index contributed by atoms with van der Waals surface area (Å²) in [6, 6.07) is 8.23. The smallest absolute Gasteiger partial charge is 0.0628 e. The van der Waals surface area contributed by atoms with Gasteiger partial charge in [0.05, 0.1) is 21.3 Å². The lowest BCUT2D eigenvalue weighted by Gasteiger charge is -2.36. The number of nitrogens with zero attached hydrogens (tertiary/aromatic N) is 4. The molecule has 3 rings (SSSR count). The average Bonchev–Trinajstić information content (AvgIpc) is 3.08. The van der Waals surface area contributed by atoms with Crippen molar-refractivity contribution in [3.05, 3.63) is 45.7 Å². The van der Waals surface area contributed by atoms with E-state index in [-0.39, 0.29) is 5.54 Å². The molecule has 29 heavy (non-hydrogen) atoms. The largest absolute Gasteiger partial charge is 0.369 e. The Morgan fingerprint density at radius 1 is 0.966 bits per heavy atom. The van der Waals surface area contributed by atoms with Gasteiger partial charge in [0.2, 0.25) is 0 Å². The molecule has 0 bridgehead atoms. The van der Waals surface area contributed by atoms with E-state index in [2.05, 4.69) is 54.3 Å². The van der Waals surface area contributed by atoms with Gasteiger partial charge in [0.25, 0.3) is 0 Å². The zero-order valence-corrected chi connectivity index (χ0v) is 19.7. The van der Waals surface area contributed by atoms with E-state index >= 15 is 0 Å². The van der Waals surface area contributed by atoms with Crippen LogP contribution in [0.15, 0.2) is 24.3 Å². The first kappa shape index (κ1) is 22.5. The summed E-state index contributed by atoms with van der Waals surface area (Å²) in [5.74, 6) is 0. The maximum absolute atomic E-state index is 6.17. The monoisotopic (exact) mass is 436 g/mol. The Morgan fingerprint density at radius 3 is 2.31 bits per heavy atom. The molecule has 0 amide bonds. The second kappa shape index (κ2) is 9.72. The Kier molecular flexibility index (Phi) is 7.53. The molecule has 6 heteroatoms. The molecule has 160 valence electrons. The molecule has 0 radical (unpaired) electrons. The quantitative estimate of drug-likeness (QED) is 0.559. The third-order valence-corrected chi connectivity index (χ3v) is 6.26. The number of anilines is 1. The number of piperazine rings is 1. The molecule has 1 fully saturated rings. The van der Waals surface area contributed by atoms with E-state index in [4.69, 9.17) is 28.3 Å². The van der Waals surface area contributed by atoms with E-state index in [0.717, 1.165) is 64.1 Å². The number of benzene rings is 1. The van der Waals surface area contributed by atoms with Gasteiger partial charge in [-0.2, -0.15) is 5.10 Å². The molecule has 1 aliphatic heterocycles. The Labute approximate surface area is 185 Å². The van der Waals surface area contributed by atoms with Gasteiger partial charge in [-0.15, -0.1) is 0 Å². The van der Waals surface area contributed by atoms with Crippen molar-refractivity contribution in [3.8, 4) is 0 Å². The molecule has 1 aromatic heterocycles. The lowest BCUT2D eigenvalue weighted by Crippen LogP contribution is -2.46. The van der Waals surface area contributed by atoms with Gasteiger partial charge >= 0.3 is 0 Å². The standard InChI is InChI=1S/C23H34Cl2N4/c1-5-7-20-16-18(26-29(20)23(2,3)4)8-6-11-27-12-14-28(15-13-27)19-9-10-21(24)22(25)17-19/h9-10,16-17H,5-8,11-15H2,1-4H3. The zero-order valence-electron chi connectivity index (χ0n) is 18.2. The van der Waals surface area contributed by atoms with Crippen LogP contribution in [0.3, 0.4) is 0 Å². The van der Waals surface area contributed by atoms with Gasteiger partial charge in [-0.25, -0.2) is 0 Å². The number of aromatic nitrogens is 2. The van der Waals surface area contributed by atoms with Crippen LogP contribution in [-0.4, -0.2) is 47.4 Å². The number of rotatable bonds is 7. The van der Waals surface area contributed by atoms with Gasteiger partial charge in [0.15, 0.2) is 0 Å². The normalized spacial score (nSPS) is 15.9. The molecule has 1 aliphatic rings. The Morgan fingerprint density at radius 2 is 1.69 bits per heavy atom. The summed E-state index contributed by atoms with van der Waals surface area (Å²) in [5, 5.41) is 6.16. The summed E-state index contributed by atoms with van der Waals surface area (Å²) in [6.45, 7) is 14.3. The summed E-state index contributed by atoms with van der Waals surface area (Å²) >= 11 is 12.2. The fraction of sp³-hybridized carbons (Fsp3) is 0.609. The maximum atomic E-state index is 6.17. The second-order valence-electron chi connectivity index (χ2n) is 8.99. The average molecular weight is 437 g/mol. The van der Waals surface area contributed by atoms with E-state index in [9.17, 15) is 0 Å². The van der Waals surface area contributed by atoms with E-state index in [1.807, 2.05) is 12.1 Å². The molecule has 1 aromatic carbocycles. The highest BCUT2D eigenvalue weighted by atomic mass is 35.5. The second-order valence-corrected chi connectivity index (χ2v) is 9.80. The molecule has 0 saturated carbocycles. The Balaban J connectivity index is 1.48. The van der Waals surface area contributed by atoms with Crippen molar-refractivity contribution in [2.45, 2.75) is 58.9 Å². The fourth-order valence-electron chi connectivity index (χ4n) is 4.01. The lowest BCUT2D eigenvalue weighted by atomic mass is 10.1. The zero-order chi connectivity index (χ0) is 21.0. The molecule has 0 spiro atoms. The van der Waals surface area contributed by atoms with Crippen LogP contribution in [0.4, 0.5) is 5.69 Å². The number of hydrogen-bond acceptors (Lipinski definition) is 3. The summed E-state index contributed by atoms with van der Waals surface area (Å²) < 4.78 is 2.22. The fourth-order valence-corrected chi connectivity index (χ4v) is 4.30. The highest BCUT2D eigenvalue weighted by molar-refractivity contribution is 6.42. The minimum absolute atomic E-state index is 0.0453. The highest BCUT2D eigenvalue weighted by Gasteiger charge is 2.20. The van der Waals surface area contributed by atoms with Crippen LogP contribution in [0.5, 0.6) is 0 Å². The SMILES string of the molecule is CCCc1cc(CCCN2CCN(c3ccc(Cl)c(Cl)c3)CC2)nn1C(C)(C)C. The molecule has 0 unspecified atom stereocenters. The van der Waals surface area contributed by atoms with Gasteiger partial charge in [-0.1, -0.05) is 36.5 Å². The van der Waals surface area contributed by atoms with Crippen molar-refractivity contribution in [1.29, 1.82) is 0 Å². The lowest BCUT2D eigenvalue weighted by molar-refractivity contribution is 0.254. The summed E-state index contributed by atoms with van der Waals surface area (Å²) in [7, 11) is 0. The Hall–Kier alpha value is -1.23. The van der Waals surface area contributed by atoms with E-state index in [0.29, 0.717) is 10.0 Å². The van der Waals surface area contributed by atoms with E-state index < -0.39 is 0 Å². The minimum Gasteiger partial charge on any atom is -0.369 e. The minimum atomic E-state index is 0.0453. The first-order valence-electron chi connectivity index (χ1n) is 10.8. The first-order chi connectivity index (χ1) is 13.8. The molecule has 0 N–H and O–H groups in total. The topological polar surface area (TPSA) is 24.3 Å². The van der Waals surface area contributed by atoms with Crippen molar-refractivity contribution >= 4 is 28.9 Å². The van der Waals surface area contributed by atoms with Gasteiger partial charge < -0.3 is 4.90 Å². The van der Waals surface area contributed by atoms with E-state index in [1.54, 1.807) is 0 Å². The van der Waals surface area contributed by atoms with Gasteiger partial charge in [-0.3, -0.25) is 9.58 Å². The van der Waals surface area contributed by atoms with Crippen LogP contribution in [0.25, 0.3) is 0 Å². The van der Waals surface area contributed by atoms with Crippen molar-refractivity contribution in [2.24, 2.45) is 0 Å². The molecule has 0 aliphatic carbocycles. The van der Waals surface area contributed by atoms with Crippen LogP contribution in [0.2, 0.25) is 10.0 Å². The van der Waals surface area contributed by atoms with Gasteiger partial charge in [-0.05, 0) is 70.8 Å². The van der Waals surface area contributed by atoms with Crippen LogP contribution in [-0.2, 0) is 18.4 Å². The number of aryl methyl sites for hydroxylation is 2. The molecule has 1 saturated heterocycles. The molecule has 2 heterocycles. The maximum Gasteiger partial charge on any atom is 0.0628 e. The summed E-state index contributed by atoms with van der Waals surface area (Å²) in [5.41, 5.74) is 3.81. The molecular formula is C23H34Cl2N4. The molecule has 4 nitrogen and oxygen atoms in total. The van der Waals surface area contributed by atoms with Gasteiger partial charge in [0.1, 0.15) is 0 Å². The van der Waals surface area contributed by atoms with Crippen LogP contribution in [0.1, 0.15) is 51.9 Å². The van der Waals surface area contributed by atoms with Crippen LogP contribution < -0.4 is 4.90 Å². The summed E-state index contributed by atoms with van der Waals surface area (Å²) in [6.07, 6.45) is 4.46. The molecule has 0 atom stereocenters. The summed E-state index contributed by atoms with van der Waals surface area (Å²) in [4.78, 5) is 4.95. The number of hydrogen-bond donors (Lipinski definition) is 0. The highest BCUT2D eigenvalue weighted by Crippen LogP contribution is 2.28.